The number of nitrogens with zero attached hydrogens (tertiary/aromatic N) is 1. The van der Waals surface area contributed by atoms with E-state index in [1.54, 1.807) is 6.08 Å². The minimum absolute atomic E-state index is 0.341. The van der Waals surface area contributed by atoms with Crippen molar-refractivity contribution in [2.24, 2.45) is 0 Å². The number of hydrogen-bond donors (Lipinski definition) is 0. The summed E-state index contributed by atoms with van der Waals surface area (Å²) in [6.07, 6.45) is 2.44. The van der Waals surface area contributed by atoms with E-state index in [0.717, 1.165) is 16.8 Å². The summed E-state index contributed by atoms with van der Waals surface area (Å²) in [4.78, 5) is 0. The van der Waals surface area contributed by atoms with Gasteiger partial charge in [0, 0.05) is 11.1 Å². The van der Waals surface area contributed by atoms with Crippen molar-refractivity contribution in [3.05, 3.63) is 53.8 Å². The molecule has 0 saturated heterocycles. The van der Waals surface area contributed by atoms with Gasteiger partial charge in [0.25, 0.3) is 0 Å². The van der Waals surface area contributed by atoms with E-state index >= 15 is 0 Å². The van der Waals surface area contributed by atoms with Gasteiger partial charge in [-0.05, 0) is 18.0 Å². The van der Waals surface area contributed by atoms with Gasteiger partial charge < -0.3 is 4.52 Å². The molecule has 15 heavy (non-hydrogen) atoms. The molecule has 2 aromatic rings. The van der Waals surface area contributed by atoms with E-state index in [4.69, 9.17) is 16.1 Å². The molecule has 2 nitrogen and oxygen atoms in total. The molecule has 0 fully saturated rings. The summed E-state index contributed by atoms with van der Waals surface area (Å²) in [5.74, 6) is 0. The lowest BCUT2D eigenvalue weighted by atomic mass is 10.1. The number of allylic oxidation sites excluding steroid dienone is 1. The molecule has 3 heteroatoms. The third kappa shape index (κ3) is 1.95. The standard InChI is InChI=1S/C12H10ClNO/c1-2-6-10-11(14-15-12(10)13)9-7-4-3-5-8-9/h2-5,7-8H,1,6H2. The summed E-state index contributed by atoms with van der Waals surface area (Å²) in [7, 11) is 0. The number of hydrogen-bond acceptors (Lipinski definition) is 2. The van der Waals surface area contributed by atoms with Crippen molar-refractivity contribution in [1.82, 2.24) is 5.16 Å². The summed E-state index contributed by atoms with van der Waals surface area (Å²) in [5, 5.41) is 4.29. The van der Waals surface area contributed by atoms with Crippen molar-refractivity contribution < 1.29 is 4.52 Å². The molecule has 1 heterocycles. The van der Waals surface area contributed by atoms with E-state index < -0.39 is 0 Å². The zero-order valence-electron chi connectivity index (χ0n) is 8.11. The first kappa shape index (κ1) is 9.99. The molecule has 0 aliphatic rings. The SMILES string of the molecule is C=CCc1c(-c2ccccc2)noc1Cl. The molecule has 1 aromatic heterocycles. The Labute approximate surface area is 93.2 Å². The van der Waals surface area contributed by atoms with Crippen LogP contribution in [0, 0.1) is 0 Å². The van der Waals surface area contributed by atoms with Gasteiger partial charge >= 0.3 is 0 Å². The summed E-state index contributed by atoms with van der Waals surface area (Å²) >= 11 is 5.90. The zero-order chi connectivity index (χ0) is 10.7. The summed E-state index contributed by atoms with van der Waals surface area (Å²) < 4.78 is 4.97. The van der Waals surface area contributed by atoms with Crippen LogP contribution in [-0.2, 0) is 6.42 Å². The van der Waals surface area contributed by atoms with E-state index in [0.29, 0.717) is 11.6 Å². The summed E-state index contributed by atoms with van der Waals surface area (Å²) in [5.41, 5.74) is 2.68. The van der Waals surface area contributed by atoms with E-state index in [-0.39, 0.29) is 0 Å². The maximum Gasteiger partial charge on any atom is 0.230 e. The van der Waals surface area contributed by atoms with Crippen molar-refractivity contribution in [2.75, 3.05) is 0 Å². The second-order valence-corrected chi connectivity index (χ2v) is 3.49. The van der Waals surface area contributed by atoms with Gasteiger partial charge in [0.2, 0.25) is 5.22 Å². The van der Waals surface area contributed by atoms with Crippen molar-refractivity contribution in [3.63, 3.8) is 0 Å². The molecule has 2 rings (SSSR count). The van der Waals surface area contributed by atoms with Crippen LogP contribution in [-0.4, -0.2) is 5.16 Å². The Bertz CT molecular complexity index is 462. The van der Waals surface area contributed by atoms with Crippen LogP contribution in [0.4, 0.5) is 0 Å². The average Bonchev–Trinajstić information content (AvgIpc) is 2.63. The summed E-state index contributed by atoms with van der Waals surface area (Å²) in [6.45, 7) is 3.68. The van der Waals surface area contributed by atoms with Gasteiger partial charge in [-0.3, -0.25) is 0 Å². The molecule has 0 amide bonds. The number of rotatable bonds is 3. The molecule has 0 bridgehead atoms. The van der Waals surface area contributed by atoms with Crippen LogP contribution in [0.15, 0.2) is 47.5 Å². The lowest BCUT2D eigenvalue weighted by Crippen LogP contribution is -1.84. The maximum atomic E-state index is 5.90. The average molecular weight is 220 g/mol. The lowest BCUT2D eigenvalue weighted by molar-refractivity contribution is 0.423. The van der Waals surface area contributed by atoms with E-state index in [2.05, 4.69) is 11.7 Å². The third-order valence-electron chi connectivity index (χ3n) is 2.14. The number of benzene rings is 1. The molecule has 0 unspecified atom stereocenters. The largest absolute Gasteiger partial charge is 0.343 e. The van der Waals surface area contributed by atoms with E-state index in [9.17, 15) is 0 Å². The fourth-order valence-electron chi connectivity index (χ4n) is 1.43. The normalized spacial score (nSPS) is 10.2. The quantitative estimate of drug-likeness (QED) is 0.736. The van der Waals surface area contributed by atoms with Crippen LogP contribution in [0.5, 0.6) is 0 Å². The molecule has 0 aliphatic carbocycles. The van der Waals surface area contributed by atoms with Crippen LogP contribution >= 0.6 is 11.6 Å². The van der Waals surface area contributed by atoms with Gasteiger partial charge in [-0.25, -0.2) is 0 Å². The van der Waals surface area contributed by atoms with Crippen LogP contribution < -0.4 is 0 Å². The van der Waals surface area contributed by atoms with E-state index in [1.165, 1.54) is 0 Å². The van der Waals surface area contributed by atoms with Gasteiger partial charge in [0.15, 0.2) is 0 Å². The maximum absolute atomic E-state index is 5.90. The minimum Gasteiger partial charge on any atom is -0.343 e. The van der Waals surface area contributed by atoms with Crippen LogP contribution in [0.3, 0.4) is 0 Å². The Morgan fingerprint density at radius 2 is 2.07 bits per heavy atom. The fraction of sp³-hybridized carbons (Fsp3) is 0.0833. The Hall–Kier alpha value is -1.54. The third-order valence-corrected chi connectivity index (χ3v) is 2.43. The van der Waals surface area contributed by atoms with Gasteiger partial charge in [-0.1, -0.05) is 41.6 Å². The van der Waals surface area contributed by atoms with Crippen LogP contribution in [0.25, 0.3) is 11.3 Å². The fourth-order valence-corrected chi connectivity index (χ4v) is 1.63. The highest BCUT2D eigenvalue weighted by Crippen LogP contribution is 2.28. The Kier molecular flexibility index (Phi) is 2.88. The number of halogens is 1. The second kappa shape index (κ2) is 4.32. The van der Waals surface area contributed by atoms with Gasteiger partial charge in [0.1, 0.15) is 5.69 Å². The predicted molar refractivity (Wildman–Crippen MR) is 60.9 cm³/mol. The topological polar surface area (TPSA) is 26.0 Å². The summed E-state index contributed by atoms with van der Waals surface area (Å²) in [6, 6.07) is 9.81. The molecule has 0 saturated carbocycles. The molecule has 0 radical (unpaired) electrons. The molecule has 76 valence electrons. The molecular formula is C12H10ClNO. The molecular weight excluding hydrogens is 210 g/mol. The van der Waals surface area contributed by atoms with Crippen molar-refractivity contribution in [2.45, 2.75) is 6.42 Å². The van der Waals surface area contributed by atoms with Gasteiger partial charge in [-0.2, -0.15) is 0 Å². The number of aromatic nitrogens is 1. The first-order valence-electron chi connectivity index (χ1n) is 4.63. The van der Waals surface area contributed by atoms with Gasteiger partial charge in [0.05, 0.1) is 0 Å². The Morgan fingerprint density at radius 3 is 2.73 bits per heavy atom. The monoisotopic (exact) mass is 219 g/mol. The highest BCUT2D eigenvalue weighted by Gasteiger charge is 2.13. The molecule has 0 N–H and O–H groups in total. The molecule has 0 spiro atoms. The zero-order valence-corrected chi connectivity index (χ0v) is 8.87. The minimum atomic E-state index is 0.341. The van der Waals surface area contributed by atoms with Crippen LogP contribution in [0.2, 0.25) is 5.22 Å². The first-order valence-corrected chi connectivity index (χ1v) is 5.01. The molecule has 1 aromatic carbocycles. The highest BCUT2D eigenvalue weighted by atomic mass is 35.5. The predicted octanol–water partition coefficient (Wildman–Crippen LogP) is 3.72. The molecule has 0 aliphatic heterocycles. The van der Waals surface area contributed by atoms with E-state index in [1.807, 2.05) is 30.3 Å². The van der Waals surface area contributed by atoms with Crippen molar-refractivity contribution in [3.8, 4) is 11.3 Å². The Balaban J connectivity index is 2.49. The first-order chi connectivity index (χ1) is 7.33. The second-order valence-electron chi connectivity index (χ2n) is 3.14. The van der Waals surface area contributed by atoms with Crippen LogP contribution in [0.1, 0.15) is 5.56 Å². The van der Waals surface area contributed by atoms with Crippen molar-refractivity contribution in [1.29, 1.82) is 0 Å². The Morgan fingerprint density at radius 1 is 1.33 bits per heavy atom. The highest BCUT2D eigenvalue weighted by molar-refractivity contribution is 6.29. The lowest BCUT2D eigenvalue weighted by Gasteiger charge is -1.97. The smallest absolute Gasteiger partial charge is 0.230 e. The molecule has 0 atom stereocenters. The van der Waals surface area contributed by atoms with Gasteiger partial charge in [-0.15, -0.1) is 6.58 Å². The van der Waals surface area contributed by atoms with Crippen molar-refractivity contribution >= 4 is 11.6 Å².